The van der Waals surface area contributed by atoms with Gasteiger partial charge >= 0.3 is 5.91 Å². The second-order valence-electron chi connectivity index (χ2n) is 3.23. The van der Waals surface area contributed by atoms with Crippen molar-refractivity contribution >= 4 is 23.6 Å². The van der Waals surface area contributed by atoms with Gasteiger partial charge in [0.15, 0.2) is 12.0 Å². The molecule has 6 nitrogen and oxygen atoms in total. The van der Waals surface area contributed by atoms with Crippen LogP contribution < -0.4 is 5.01 Å². The van der Waals surface area contributed by atoms with Crippen molar-refractivity contribution in [3.8, 4) is 0 Å². The van der Waals surface area contributed by atoms with Crippen molar-refractivity contribution in [3.63, 3.8) is 0 Å². The standard InChI is InChI=1S/C10H8N2O4/c13-6-8-10(15,16)9(14)12(11-8)7-4-2-1-3-5-7/h1-6,15-16H. The highest BCUT2D eigenvalue weighted by Gasteiger charge is 2.49. The van der Waals surface area contributed by atoms with Gasteiger partial charge in [0.1, 0.15) is 0 Å². The minimum Gasteiger partial charge on any atom is -0.353 e. The van der Waals surface area contributed by atoms with E-state index in [1.807, 2.05) is 0 Å². The molecule has 0 saturated heterocycles. The van der Waals surface area contributed by atoms with Crippen LogP contribution in [0, 0.1) is 0 Å². The third-order valence-corrected chi connectivity index (χ3v) is 2.17. The summed E-state index contributed by atoms with van der Waals surface area (Å²) in [6.07, 6.45) is 0.140. The van der Waals surface area contributed by atoms with E-state index in [1.54, 1.807) is 30.3 Å². The van der Waals surface area contributed by atoms with Crippen molar-refractivity contribution in [1.82, 2.24) is 0 Å². The van der Waals surface area contributed by atoms with Gasteiger partial charge in [-0.1, -0.05) is 18.2 Å². The van der Waals surface area contributed by atoms with E-state index in [-0.39, 0.29) is 6.29 Å². The number of benzene rings is 1. The zero-order chi connectivity index (χ0) is 11.8. The van der Waals surface area contributed by atoms with Crippen LogP contribution in [-0.2, 0) is 9.59 Å². The molecule has 0 aliphatic carbocycles. The van der Waals surface area contributed by atoms with Crippen LogP contribution in [0.3, 0.4) is 0 Å². The van der Waals surface area contributed by atoms with Crippen molar-refractivity contribution in [1.29, 1.82) is 0 Å². The molecule has 2 N–H and O–H groups in total. The molecule has 2 rings (SSSR count). The number of aldehydes is 1. The van der Waals surface area contributed by atoms with Gasteiger partial charge in [-0.15, -0.1) is 0 Å². The summed E-state index contributed by atoms with van der Waals surface area (Å²) < 4.78 is 0. The quantitative estimate of drug-likeness (QED) is 0.507. The first kappa shape index (κ1) is 10.5. The molecule has 0 unspecified atom stereocenters. The topological polar surface area (TPSA) is 90.2 Å². The van der Waals surface area contributed by atoms with E-state index >= 15 is 0 Å². The van der Waals surface area contributed by atoms with Crippen LogP contribution >= 0.6 is 0 Å². The molecule has 1 aromatic carbocycles. The van der Waals surface area contributed by atoms with Crippen molar-refractivity contribution in [2.75, 3.05) is 5.01 Å². The second kappa shape index (κ2) is 3.51. The van der Waals surface area contributed by atoms with Crippen LogP contribution in [-0.4, -0.2) is 33.9 Å². The van der Waals surface area contributed by atoms with Gasteiger partial charge in [0.25, 0.3) is 5.79 Å². The number of rotatable bonds is 2. The van der Waals surface area contributed by atoms with Crippen LogP contribution in [0.25, 0.3) is 0 Å². The average Bonchev–Trinajstić information content (AvgIpc) is 2.52. The molecule has 1 aromatic rings. The van der Waals surface area contributed by atoms with E-state index in [4.69, 9.17) is 0 Å². The number of carbonyl (C=O) groups excluding carboxylic acids is 2. The molecular formula is C10H8N2O4. The van der Waals surface area contributed by atoms with Gasteiger partial charge in [0.05, 0.1) is 5.69 Å². The molecule has 82 valence electrons. The SMILES string of the molecule is O=CC1=NN(c2ccccc2)C(=O)C1(O)O. The zero-order valence-corrected chi connectivity index (χ0v) is 8.07. The lowest BCUT2D eigenvalue weighted by molar-refractivity contribution is -0.156. The van der Waals surface area contributed by atoms with Crippen molar-refractivity contribution in [2.45, 2.75) is 5.79 Å². The fourth-order valence-electron chi connectivity index (χ4n) is 1.33. The number of amides is 1. The lowest BCUT2D eigenvalue weighted by Gasteiger charge is -2.15. The number of hydrazone groups is 1. The Kier molecular flexibility index (Phi) is 2.30. The van der Waals surface area contributed by atoms with Gasteiger partial charge in [-0.3, -0.25) is 9.59 Å². The number of para-hydroxylation sites is 1. The highest BCUT2D eigenvalue weighted by atomic mass is 16.5. The number of aliphatic hydroxyl groups is 2. The molecule has 0 fully saturated rings. The van der Waals surface area contributed by atoms with Gasteiger partial charge in [0, 0.05) is 0 Å². The summed E-state index contributed by atoms with van der Waals surface area (Å²) in [5.41, 5.74) is -0.266. The Hall–Kier alpha value is -2.05. The van der Waals surface area contributed by atoms with Crippen molar-refractivity contribution in [2.24, 2.45) is 5.10 Å². The fraction of sp³-hybridized carbons (Fsp3) is 0.100. The lowest BCUT2D eigenvalue weighted by Crippen LogP contribution is -2.46. The summed E-state index contributed by atoms with van der Waals surface area (Å²) in [6, 6.07) is 8.18. The van der Waals surface area contributed by atoms with E-state index in [9.17, 15) is 19.8 Å². The van der Waals surface area contributed by atoms with E-state index < -0.39 is 17.4 Å². The predicted molar refractivity (Wildman–Crippen MR) is 54.6 cm³/mol. The molecule has 6 heteroatoms. The van der Waals surface area contributed by atoms with E-state index in [1.165, 1.54) is 0 Å². The molecular weight excluding hydrogens is 212 g/mol. The average molecular weight is 220 g/mol. The van der Waals surface area contributed by atoms with Crippen LogP contribution in [0.1, 0.15) is 0 Å². The monoisotopic (exact) mass is 220 g/mol. The minimum absolute atomic E-state index is 0.140. The Labute approximate surface area is 90.4 Å². The molecule has 16 heavy (non-hydrogen) atoms. The third kappa shape index (κ3) is 1.40. The van der Waals surface area contributed by atoms with Gasteiger partial charge in [0.2, 0.25) is 0 Å². The van der Waals surface area contributed by atoms with E-state index in [0.29, 0.717) is 5.69 Å². The zero-order valence-electron chi connectivity index (χ0n) is 8.07. The molecule has 1 aliphatic heterocycles. The first-order chi connectivity index (χ1) is 7.57. The van der Waals surface area contributed by atoms with Crippen LogP contribution in [0.4, 0.5) is 5.69 Å². The summed E-state index contributed by atoms with van der Waals surface area (Å²) in [5, 5.41) is 23.0. The summed E-state index contributed by atoms with van der Waals surface area (Å²) in [6.45, 7) is 0. The summed E-state index contributed by atoms with van der Waals surface area (Å²) in [4.78, 5) is 22.1. The highest BCUT2D eigenvalue weighted by Crippen LogP contribution is 2.23. The number of hydrogen-bond acceptors (Lipinski definition) is 5. The molecule has 0 aromatic heterocycles. The predicted octanol–water partition coefficient (Wildman–Crippen LogP) is -0.731. The maximum absolute atomic E-state index is 11.5. The molecule has 1 amide bonds. The Morgan fingerprint density at radius 3 is 2.38 bits per heavy atom. The van der Waals surface area contributed by atoms with Gasteiger partial charge < -0.3 is 10.2 Å². The number of carbonyl (C=O) groups is 2. The number of nitrogens with zero attached hydrogens (tertiary/aromatic N) is 2. The lowest BCUT2D eigenvalue weighted by atomic mass is 10.2. The number of hydrogen-bond donors (Lipinski definition) is 2. The smallest absolute Gasteiger partial charge is 0.314 e. The van der Waals surface area contributed by atoms with E-state index in [0.717, 1.165) is 5.01 Å². The van der Waals surface area contributed by atoms with Crippen LogP contribution in [0.5, 0.6) is 0 Å². The van der Waals surface area contributed by atoms with Crippen LogP contribution in [0.15, 0.2) is 35.4 Å². The molecule has 0 atom stereocenters. The van der Waals surface area contributed by atoms with Crippen LogP contribution in [0.2, 0.25) is 0 Å². The Morgan fingerprint density at radius 1 is 1.25 bits per heavy atom. The molecule has 0 spiro atoms. The maximum Gasteiger partial charge on any atom is 0.314 e. The Balaban J connectivity index is 2.44. The Bertz CT molecular complexity index is 467. The summed E-state index contributed by atoms with van der Waals surface area (Å²) >= 11 is 0. The van der Waals surface area contributed by atoms with E-state index in [2.05, 4.69) is 5.10 Å². The highest BCUT2D eigenvalue weighted by molar-refractivity contribution is 6.41. The molecule has 1 aliphatic rings. The van der Waals surface area contributed by atoms with Gasteiger partial charge in [-0.2, -0.15) is 10.1 Å². The first-order valence-electron chi connectivity index (χ1n) is 4.46. The molecule has 0 bridgehead atoms. The Morgan fingerprint density at radius 2 is 1.88 bits per heavy atom. The van der Waals surface area contributed by atoms with Gasteiger partial charge in [-0.25, -0.2) is 0 Å². The molecule has 0 saturated carbocycles. The maximum atomic E-state index is 11.5. The first-order valence-corrected chi connectivity index (χ1v) is 4.46. The largest absolute Gasteiger partial charge is 0.353 e. The summed E-state index contributed by atoms with van der Waals surface area (Å²) in [5.74, 6) is -3.90. The minimum atomic E-state index is -2.84. The number of anilines is 1. The summed E-state index contributed by atoms with van der Waals surface area (Å²) in [7, 11) is 0. The second-order valence-corrected chi connectivity index (χ2v) is 3.23. The molecule has 1 heterocycles. The van der Waals surface area contributed by atoms with Crippen molar-refractivity contribution in [3.05, 3.63) is 30.3 Å². The third-order valence-electron chi connectivity index (χ3n) is 2.17. The normalized spacial score (nSPS) is 18.5. The van der Waals surface area contributed by atoms with Crippen molar-refractivity contribution < 1.29 is 19.8 Å². The van der Waals surface area contributed by atoms with Gasteiger partial charge in [-0.05, 0) is 12.1 Å². The fourth-order valence-corrected chi connectivity index (χ4v) is 1.33. The molecule has 0 radical (unpaired) electrons.